The largest absolute Gasteiger partial charge is 0.402 e. The molecule has 0 rings (SSSR count). The monoisotopic (exact) mass is 147 g/mol. The first kappa shape index (κ1) is 8.85. The molecule has 3 heteroatoms. The lowest BCUT2D eigenvalue weighted by atomic mass is 10.3. The predicted molar refractivity (Wildman–Crippen MR) is 42.2 cm³/mol. The van der Waals surface area contributed by atoms with Crippen LogP contribution in [0.15, 0.2) is 0 Å². The van der Waals surface area contributed by atoms with Crippen LogP contribution in [0.2, 0.25) is 0 Å². The van der Waals surface area contributed by atoms with Gasteiger partial charge in [-0.15, -0.1) is 0 Å². The van der Waals surface area contributed by atoms with Crippen LogP contribution >= 0.6 is 12.2 Å². The van der Waals surface area contributed by atoms with Crippen molar-refractivity contribution in [1.29, 1.82) is 0 Å². The quantitative estimate of drug-likeness (QED) is 0.484. The third kappa shape index (κ3) is 5.73. The summed E-state index contributed by atoms with van der Waals surface area (Å²) < 4.78 is 0. The lowest BCUT2D eigenvalue weighted by molar-refractivity contribution is 0.149. The number of hydrogen-bond donors (Lipinski definition) is 1. The normalized spacial score (nSPS) is 12.8. The molecule has 0 spiro atoms. The molecule has 0 bridgehead atoms. The summed E-state index contributed by atoms with van der Waals surface area (Å²) in [5.41, 5.74) is 2.79. The lowest BCUT2D eigenvalue weighted by Crippen LogP contribution is -2.26. The Labute approximate surface area is 61.5 Å². The molecule has 0 aliphatic heterocycles. The predicted octanol–water partition coefficient (Wildman–Crippen LogP) is 1.65. The Balaban J connectivity index is 3.16. The van der Waals surface area contributed by atoms with Gasteiger partial charge in [-0.3, -0.25) is 0 Å². The Morgan fingerprint density at radius 1 is 1.78 bits per heavy atom. The van der Waals surface area contributed by atoms with Crippen LogP contribution in [0.25, 0.3) is 0 Å². The van der Waals surface area contributed by atoms with Gasteiger partial charge in [0.05, 0.1) is 0 Å². The number of hydroxylamine groups is 1. The van der Waals surface area contributed by atoms with Gasteiger partial charge in [-0.2, -0.15) is 5.48 Å². The summed E-state index contributed by atoms with van der Waals surface area (Å²) in [6.07, 6.45) is 1.04. The molecule has 0 saturated heterocycles. The van der Waals surface area contributed by atoms with E-state index >= 15 is 0 Å². The van der Waals surface area contributed by atoms with E-state index in [0.29, 0.717) is 11.1 Å². The van der Waals surface area contributed by atoms with Crippen molar-refractivity contribution >= 4 is 17.3 Å². The maximum absolute atomic E-state index is 4.88. The highest BCUT2D eigenvalue weighted by atomic mass is 32.1. The molecular weight excluding hydrogens is 134 g/mol. The molecule has 1 N–H and O–H groups in total. The fraction of sp³-hybridized carbons (Fsp3) is 0.833. The van der Waals surface area contributed by atoms with Crippen LogP contribution in [0.5, 0.6) is 0 Å². The second kappa shape index (κ2) is 4.70. The van der Waals surface area contributed by atoms with E-state index in [1.807, 2.05) is 6.92 Å². The van der Waals surface area contributed by atoms with E-state index in [4.69, 9.17) is 4.84 Å². The van der Waals surface area contributed by atoms with Gasteiger partial charge in [-0.1, -0.05) is 6.92 Å². The van der Waals surface area contributed by atoms with Crippen molar-refractivity contribution in [2.75, 3.05) is 0 Å². The summed E-state index contributed by atoms with van der Waals surface area (Å²) in [7, 11) is 0. The zero-order valence-electron chi connectivity index (χ0n) is 6.10. The van der Waals surface area contributed by atoms with Crippen LogP contribution < -0.4 is 5.48 Å². The van der Waals surface area contributed by atoms with E-state index in [1.54, 1.807) is 6.92 Å². The van der Waals surface area contributed by atoms with Crippen molar-refractivity contribution in [2.45, 2.75) is 33.2 Å². The number of thiocarbonyl (C=S) groups is 1. The van der Waals surface area contributed by atoms with Gasteiger partial charge in [-0.25, -0.2) is 0 Å². The SMILES string of the molecule is CCC(C)NOC(C)=S. The van der Waals surface area contributed by atoms with Crippen LogP contribution in [0.4, 0.5) is 0 Å². The Morgan fingerprint density at radius 3 is 2.67 bits per heavy atom. The van der Waals surface area contributed by atoms with E-state index in [2.05, 4.69) is 24.6 Å². The first-order chi connectivity index (χ1) is 4.16. The fourth-order valence-electron chi connectivity index (χ4n) is 0.267. The van der Waals surface area contributed by atoms with E-state index < -0.39 is 0 Å². The molecule has 0 fully saturated rings. The summed E-state index contributed by atoms with van der Waals surface area (Å²) in [4.78, 5) is 4.88. The molecule has 2 nitrogen and oxygen atoms in total. The highest BCUT2D eigenvalue weighted by molar-refractivity contribution is 7.80. The minimum absolute atomic E-state index is 0.378. The van der Waals surface area contributed by atoms with Gasteiger partial charge < -0.3 is 4.84 Å². The van der Waals surface area contributed by atoms with Crippen molar-refractivity contribution in [2.24, 2.45) is 0 Å². The topological polar surface area (TPSA) is 21.3 Å². The van der Waals surface area contributed by atoms with Crippen molar-refractivity contribution < 1.29 is 4.84 Å². The molecule has 0 saturated carbocycles. The first-order valence-electron chi connectivity index (χ1n) is 3.09. The number of hydrogen-bond acceptors (Lipinski definition) is 3. The molecule has 0 radical (unpaired) electrons. The summed E-state index contributed by atoms with van der Waals surface area (Å²) in [5, 5.41) is 0.537. The lowest BCUT2D eigenvalue weighted by Gasteiger charge is -2.09. The zero-order valence-corrected chi connectivity index (χ0v) is 6.92. The molecule has 9 heavy (non-hydrogen) atoms. The number of rotatable bonds is 3. The van der Waals surface area contributed by atoms with E-state index in [0.717, 1.165) is 6.42 Å². The third-order valence-corrected chi connectivity index (χ3v) is 1.10. The molecule has 0 aliphatic rings. The van der Waals surface area contributed by atoms with Crippen LogP contribution in [0.3, 0.4) is 0 Å². The molecule has 0 aromatic rings. The fourth-order valence-corrected chi connectivity index (χ4v) is 0.315. The van der Waals surface area contributed by atoms with Gasteiger partial charge in [0.1, 0.15) is 0 Å². The van der Waals surface area contributed by atoms with Crippen molar-refractivity contribution in [3.63, 3.8) is 0 Å². The third-order valence-electron chi connectivity index (χ3n) is 1.02. The summed E-state index contributed by atoms with van der Waals surface area (Å²) in [5.74, 6) is 0. The number of nitrogens with one attached hydrogen (secondary N) is 1. The first-order valence-corrected chi connectivity index (χ1v) is 3.50. The maximum Gasteiger partial charge on any atom is 0.184 e. The minimum atomic E-state index is 0.378. The van der Waals surface area contributed by atoms with Crippen LogP contribution in [0.1, 0.15) is 27.2 Å². The van der Waals surface area contributed by atoms with Crippen molar-refractivity contribution in [3.05, 3.63) is 0 Å². The van der Waals surface area contributed by atoms with Crippen LogP contribution in [-0.2, 0) is 4.84 Å². The van der Waals surface area contributed by atoms with Gasteiger partial charge in [-0.05, 0) is 25.6 Å². The van der Waals surface area contributed by atoms with E-state index in [9.17, 15) is 0 Å². The van der Waals surface area contributed by atoms with Crippen LogP contribution in [0, 0.1) is 0 Å². The highest BCUT2D eigenvalue weighted by Crippen LogP contribution is 1.87. The van der Waals surface area contributed by atoms with Gasteiger partial charge in [0.2, 0.25) is 0 Å². The molecule has 54 valence electrons. The van der Waals surface area contributed by atoms with E-state index in [1.165, 1.54) is 0 Å². The minimum Gasteiger partial charge on any atom is -0.402 e. The van der Waals surface area contributed by atoms with E-state index in [-0.39, 0.29) is 0 Å². The summed E-state index contributed by atoms with van der Waals surface area (Å²) >= 11 is 4.68. The van der Waals surface area contributed by atoms with Crippen molar-refractivity contribution in [1.82, 2.24) is 5.48 Å². The van der Waals surface area contributed by atoms with Gasteiger partial charge in [0.15, 0.2) is 5.05 Å². The Morgan fingerprint density at radius 2 is 2.33 bits per heavy atom. The standard InChI is InChI=1S/C6H13NOS/c1-4-5(2)7-8-6(3)9/h5,7H,4H2,1-3H3. The summed E-state index contributed by atoms with van der Waals surface area (Å²) in [6, 6.07) is 0.378. The Kier molecular flexibility index (Phi) is 4.62. The maximum atomic E-state index is 4.88. The molecule has 0 amide bonds. The van der Waals surface area contributed by atoms with Crippen LogP contribution in [-0.4, -0.2) is 11.1 Å². The molecule has 0 aromatic carbocycles. The molecule has 0 aliphatic carbocycles. The van der Waals surface area contributed by atoms with Crippen molar-refractivity contribution in [3.8, 4) is 0 Å². The second-order valence-corrected chi connectivity index (χ2v) is 2.60. The highest BCUT2D eigenvalue weighted by Gasteiger charge is 1.95. The molecule has 0 heterocycles. The molecular formula is C6H13NOS. The Bertz CT molecular complexity index is 95.1. The smallest absolute Gasteiger partial charge is 0.184 e. The summed E-state index contributed by atoms with van der Waals surface area (Å²) in [6.45, 7) is 5.86. The Hall–Kier alpha value is -0.150. The van der Waals surface area contributed by atoms with Gasteiger partial charge in [0.25, 0.3) is 0 Å². The van der Waals surface area contributed by atoms with Gasteiger partial charge >= 0.3 is 0 Å². The molecule has 1 atom stereocenters. The average Bonchev–Trinajstić information content (AvgIpc) is 1.83. The second-order valence-electron chi connectivity index (χ2n) is 2.02. The zero-order chi connectivity index (χ0) is 7.28. The average molecular weight is 147 g/mol. The molecule has 0 aromatic heterocycles. The van der Waals surface area contributed by atoms with Gasteiger partial charge in [0, 0.05) is 13.0 Å². The molecule has 1 unspecified atom stereocenters.